The molecular formula is C16H16ClN3O6. The predicted molar refractivity (Wildman–Crippen MR) is 89.7 cm³/mol. The first kappa shape index (κ1) is 19.4. The Bertz CT molecular complexity index is 849. The summed E-state index contributed by atoms with van der Waals surface area (Å²) in [7, 11) is 2.27. The van der Waals surface area contributed by atoms with Crippen LogP contribution in [-0.2, 0) is 16.0 Å². The number of ether oxygens (including phenoxy) is 3. The first-order chi connectivity index (χ1) is 12.4. The van der Waals surface area contributed by atoms with E-state index >= 15 is 0 Å². The highest BCUT2D eigenvalue weighted by molar-refractivity contribution is 6.32. The lowest BCUT2D eigenvalue weighted by molar-refractivity contribution is 0.0543. The fraction of sp³-hybridized carbons (Fsp3) is 0.312. The number of methoxy groups -OCH3 is 2. The molecule has 138 valence electrons. The molecule has 0 saturated carbocycles. The van der Waals surface area contributed by atoms with Gasteiger partial charge < -0.3 is 14.2 Å². The van der Waals surface area contributed by atoms with Crippen molar-refractivity contribution >= 4 is 29.3 Å². The molecule has 1 aromatic carbocycles. The van der Waals surface area contributed by atoms with Crippen molar-refractivity contribution in [2.24, 2.45) is 0 Å². The van der Waals surface area contributed by atoms with Crippen LogP contribution in [0.15, 0.2) is 18.2 Å². The number of aromatic nitrogens is 3. The van der Waals surface area contributed by atoms with Gasteiger partial charge in [0.1, 0.15) is 12.3 Å². The lowest BCUT2D eigenvalue weighted by atomic mass is 10.1. The van der Waals surface area contributed by atoms with Gasteiger partial charge in [0.25, 0.3) is 0 Å². The molecule has 2 rings (SSSR count). The summed E-state index contributed by atoms with van der Waals surface area (Å²) in [5.74, 6) is -1.68. The maximum absolute atomic E-state index is 12.5. The van der Waals surface area contributed by atoms with E-state index < -0.39 is 17.7 Å². The molecule has 0 aliphatic rings. The van der Waals surface area contributed by atoms with Gasteiger partial charge in [-0.1, -0.05) is 16.8 Å². The van der Waals surface area contributed by atoms with Crippen molar-refractivity contribution in [2.75, 3.05) is 20.8 Å². The zero-order valence-electron chi connectivity index (χ0n) is 14.3. The van der Waals surface area contributed by atoms with E-state index in [0.717, 1.165) is 18.9 Å². The molecule has 0 radical (unpaired) electrons. The Balaban J connectivity index is 2.32. The average Bonchev–Trinajstić information content (AvgIpc) is 3.05. The van der Waals surface area contributed by atoms with Crippen LogP contribution in [0.1, 0.15) is 38.3 Å². The van der Waals surface area contributed by atoms with Gasteiger partial charge in [0, 0.05) is 5.56 Å². The number of Topliss-reactive ketones (excluding diaryl/α,β-unsaturated/α-hetero) is 1. The Morgan fingerprint density at radius 3 is 2.42 bits per heavy atom. The van der Waals surface area contributed by atoms with Gasteiger partial charge in [0.2, 0.25) is 5.69 Å². The second-order valence-electron chi connectivity index (χ2n) is 4.93. The highest BCUT2D eigenvalue weighted by Crippen LogP contribution is 2.26. The zero-order valence-corrected chi connectivity index (χ0v) is 15.1. The van der Waals surface area contributed by atoms with E-state index in [1.807, 2.05) is 6.92 Å². The summed E-state index contributed by atoms with van der Waals surface area (Å²) in [4.78, 5) is 36.1. The summed E-state index contributed by atoms with van der Waals surface area (Å²) in [6.45, 7) is 1.90. The summed E-state index contributed by atoms with van der Waals surface area (Å²) >= 11 is 6.08. The number of hydrogen-bond acceptors (Lipinski definition) is 8. The van der Waals surface area contributed by atoms with Crippen LogP contribution in [0, 0.1) is 0 Å². The number of ketones is 1. The molecule has 0 N–H and O–H groups in total. The van der Waals surface area contributed by atoms with Crippen LogP contribution < -0.4 is 4.74 Å². The predicted octanol–water partition coefficient (Wildman–Crippen LogP) is 1.79. The normalized spacial score (nSPS) is 10.3. The summed E-state index contributed by atoms with van der Waals surface area (Å²) < 4.78 is 15.5. The van der Waals surface area contributed by atoms with E-state index in [9.17, 15) is 14.4 Å². The summed E-state index contributed by atoms with van der Waals surface area (Å²) in [5, 5.41) is 7.55. The molecule has 0 bridgehead atoms. The largest absolute Gasteiger partial charge is 0.492 e. The monoisotopic (exact) mass is 381 g/mol. The van der Waals surface area contributed by atoms with Crippen LogP contribution >= 0.6 is 11.6 Å². The molecule has 1 aromatic heterocycles. The van der Waals surface area contributed by atoms with Crippen LogP contribution in [0.2, 0.25) is 5.02 Å². The highest BCUT2D eigenvalue weighted by Gasteiger charge is 2.28. The van der Waals surface area contributed by atoms with Crippen molar-refractivity contribution in [1.29, 1.82) is 0 Å². The van der Waals surface area contributed by atoms with Gasteiger partial charge in [0.05, 0.1) is 25.8 Å². The highest BCUT2D eigenvalue weighted by atomic mass is 35.5. The molecule has 2 aromatic rings. The van der Waals surface area contributed by atoms with E-state index in [2.05, 4.69) is 19.8 Å². The smallest absolute Gasteiger partial charge is 0.361 e. The Kier molecular flexibility index (Phi) is 6.29. The summed E-state index contributed by atoms with van der Waals surface area (Å²) in [6.07, 6.45) is 0. The minimum Gasteiger partial charge on any atom is -0.492 e. The third-order valence-electron chi connectivity index (χ3n) is 3.34. The average molecular weight is 382 g/mol. The number of nitrogens with zero attached hydrogens (tertiary/aromatic N) is 3. The molecule has 0 amide bonds. The number of carbonyl (C=O) groups excluding carboxylic acids is 3. The lowest BCUT2D eigenvalue weighted by Gasteiger charge is -2.08. The first-order valence-corrected chi connectivity index (χ1v) is 7.86. The van der Waals surface area contributed by atoms with Gasteiger partial charge in [-0.05, 0) is 25.1 Å². The number of hydrogen-bond donors (Lipinski definition) is 0. The quantitative estimate of drug-likeness (QED) is 0.527. The topological polar surface area (TPSA) is 110 Å². The first-order valence-electron chi connectivity index (χ1n) is 7.48. The van der Waals surface area contributed by atoms with Crippen LogP contribution in [0.5, 0.6) is 5.75 Å². The molecule has 0 saturated heterocycles. The number of benzene rings is 1. The third kappa shape index (κ3) is 3.99. The van der Waals surface area contributed by atoms with Crippen LogP contribution in [0.25, 0.3) is 0 Å². The van der Waals surface area contributed by atoms with Gasteiger partial charge in [-0.25, -0.2) is 14.3 Å². The van der Waals surface area contributed by atoms with Crippen molar-refractivity contribution < 1.29 is 28.6 Å². The van der Waals surface area contributed by atoms with Crippen molar-refractivity contribution in [3.63, 3.8) is 0 Å². The molecule has 9 nitrogen and oxygen atoms in total. The van der Waals surface area contributed by atoms with E-state index in [1.165, 1.54) is 12.1 Å². The standard InChI is InChI=1S/C16H16ClN3O6/c1-4-26-12-6-5-9(7-10(12)17)11(21)8-20-14(16(23)25-3)13(18-19-20)15(22)24-2/h5-7H,4,8H2,1-3H3. The molecule has 0 aliphatic carbocycles. The molecular weight excluding hydrogens is 366 g/mol. The fourth-order valence-corrected chi connectivity index (χ4v) is 2.37. The summed E-state index contributed by atoms with van der Waals surface area (Å²) in [5.41, 5.74) is -0.328. The van der Waals surface area contributed by atoms with Crippen molar-refractivity contribution in [3.05, 3.63) is 40.2 Å². The van der Waals surface area contributed by atoms with Crippen molar-refractivity contribution in [2.45, 2.75) is 13.5 Å². The Morgan fingerprint density at radius 1 is 1.15 bits per heavy atom. The second-order valence-corrected chi connectivity index (χ2v) is 5.34. The molecule has 26 heavy (non-hydrogen) atoms. The van der Waals surface area contributed by atoms with Crippen molar-refractivity contribution in [1.82, 2.24) is 15.0 Å². The van der Waals surface area contributed by atoms with Gasteiger partial charge in [-0.15, -0.1) is 5.10 Å². The molecule has 1 heterocycles. The number of halogens is 1. The zero-order chi connectivity index (χ0) is 19.3. The lowest BCUT2D eigenvalue weighted by Crippen LogP contribution is -2.20. The minimum atomic E-state index is -0.868. The molecule has 0 unspecified atom stereocenters. The van der Waals surface area contributed by atoms with Gasteiger partial charge in [0.15, 0.2) is 11.5 Å². The number of rotatable bonds is 7. The van der Waals surface area contributed by atoms with Gasteiger partial charge in [-0.3, -0.25) is 4.79 Å². The van der Waals surface area contributed by atoms with E-state index in [0.29, 0.717) is 12.4 Å². The van der Waals surface area contributed by atoms with Crippen LogP contribution in [0.3, 0.4) is 0 Å². The molecule has 10 heteroatoms. The Morgan fingerprint density at radius 2 is 1.85 bits per heavy atom. The van der Waals surface area contributed by atoms with Gasteiger partial charge >= 0.3 is 11.9 Å². The summed E-state index contributed by atoms with van der Waals surface area (Å²) in [6, 6.07) is 4.56. The van der Waals surface area contributed by atoms with Crippen molar-refractivity contribution in [3.8, 4) is 5.75 Å². The van der Waals surface area contributed by atoms with E-state index in [1.54, 1.807) is 6.07 Å². The Labute approximate surface area is 153 Å². The van der Waals surface area contributed by atoms with Crippen LogP contribution in [0.4, 0.5) is 0 Å². The maximum Gasteiger partial charge on any atom is 0.361 e. The fourth-order valence-electron chi connectivity index (χ4n) is 2.13. The number of carbonyl (C=O) groups is 3. The third-order valence-corrected chi connectivity index (χ3v) is 3.64. The van der Waals surface area contributed by atoms with Gasteiger partial charge in [-0.2, -0.15) is 0 Å². The van der Waals surface area contributed by atoms with E-state index in [4.69, 9.17) is 16.3 Å². The molecule has 0 atom stereocenters. The Hall–Kier alpha value is -2.94. The molecule has 0 fully saturated rings. The van der Waals surface area contributed by atoms with E-state index in [-0.39, 0.29) is 28.5 Å². The second kappa shape index (κ2) is 8.43. The molecule has 0 spiro atoms. The SMILES string of the molecule is CCOc1ccc(C(=O)Cn2nnc(C(=O)OC)c2C(=O)OC)cc1Cl. The molecule has 0 aliphatic heterocycles. The number of esters is 2. The maximum atomic E-state index is 12.5. The van der Waals surface area contributed by atoms with Crippen LogP contribution in [-0.4, -0.2) is 53.5 Å². The minimum absolute atomic E-state index is 0.273.